The molecular weight excluding hydrogens is 515 g/mol. The smallest absolute Gasteiger partial charge is 0.460 e. The lowest BCUT2D eigenvalue weighted by molar-refractivity contribution is -0.378. The lowest BCUT2D eigenvalue weighted by atomic mass is 9.93. The molecule has 1 aliphatic heterocycles. The minimum absolute atomic E-state index is 2.84. The van der Waals surface area contributed by atoms with E-state index in [2.05, 4.69) is 4.74 Å². The van der Waals surface area contributed by atoms with Crippen molar-refractivity contribution in [2.75, 3.05) is 0 Å². The molecule has 0 saturated carbocycles. The number of rotatable bonds is 8. The Kier molecular flexibility index (Phi) is 6.12. The van der Waals surface area contributed by atoms with Crippen LogP contribution in [0.4, 0.5) is 74.6 Å². The molecule has 1 fully saturated rings. The molecule has 1 N–H and O–H groups in total. The molecule has 0 bridgehead atoms. The first-order valence-corrected chi connectivity index (χ1v) is 6.98. The first-order chi connectivity index (χ1) is 13.7. The molecule has 2 unspecified atom stereocenters. The molecule has 1 rings (SSSR count). The van der Waals surface area contributed by atoms with E-state index in [0.717, 1.165) is 0 Å². The average Bonchev–Trinajstić information content (AvgIpc) is 3.26. The van der Waals surface area contributed by atoms with E-state index in [1.165, 1.54) is 0 Å². The number of carboxylic acids is 1. The SMILES string of the molecule is O=C(O)C1OC1(F)C(F)(F)C(F)(F)C(F)(F)C(F)(F)/C=C(\F)C(F)(F)C(F)(F)C(F)(F)F. The summed E-state index contributed by atoms with van der Waals surface area (Å²) in [6.07, 6.45) is -14.0. The van der Waals surface area contributed by atoms with E-state index in [1.54, 1.807) is 0 Å². The van der Waals surface area contributed by atoms with Crippen LogP contribution in [0.2, 0.25) is 0 Å². The Morgan fingerprint density at radius 3 is 1.50 bits per heavy atom. The van der Waals surface area contributed by atoms with Gasteiger partial charge in [0.15, 0.2) is 5.83 Å². The Bertz CT molecular complexity index is 797. The maximum absolute atomic E-state index is 13.5. The van der Waals surface area contributed by atoms with Gasteiger partial charge in [0.2, 0.25) is 6.10 Å². The second-order valence-electron chi connectivity index (χ2n) is 5.97. The van der Waals surface area contributed by atoms with E-state index < -0.39 is 71.5 Å². The predicted molar refractivity (Wildman–Crippen MR) is 61.3 cm³/mol. The third-order valence-electron chi connectivity index (χ3n) is 3.79. The number of ether oxygens (including phenoxy) is 1. The fourth-order valence-electron chi connectivity index (χ4n) is 1.87. The molecular formula is C12H3F17O3. The standard InChI is InChI=1S/C12H3F17O3/c13-2(6(16,17)9(21,22)12(27,28)29)1-5(14,15)8(19,20)11(25,26)10(23,24)7(18)3(32-7)4(30)31/h1,3H,(H,30,31)/b2-1-. The Hall–Kier alpha value is -2.02. The van der Waals surface area contributed by atoms with Gasteiger partial charge in [-0.25, -0.2) is 13.6 Å². The fourth-order valence-corrected chi connectivity index (χ4v) is 1.87. The molecule has 0 amide bonds. The van der Waals surface area contributed by atoms with E-state index in [4.69, 9.17) is 5.11 Å². The maximum Gasteiger partial charge on any atom is 0.460 e. The van der Waals surface area contributed by atoms with Gasteiger partial charge in [-0.1, -0.05) is 0 Å². The van der Waals surface area contributed by atoms with Gasteiger partial charge >= 0.3 is 53.5 Å². The van der Waals surface area contributed by atoms with E-state index >= 15 is 0 Å². The molecule has 0 radical (unpaired) electrons. The number of carbonyl (C=O) groups is 1. The van der Waals surface area contributed by atoms with E-state index in [0.29, 0.717) is 0 Å². The van der Waals surface area contributed by atoms with Gasteiger partial charge in [0.1, 0.15) is 0 Å². The molecule has 0 aromatic rings. The number of carboxylic acid groups (broad SMARTS) is 1. The van der Waals surface area contributed by atoms with Gasteiger partial charge in [0.05, 0.1) is 0 Å². The number of hydrogen-bond acceptors (Lipinski definition) is 2. The quantitative estimate of drug-likeness (QED) is 0.348. The summed E-state index contributed by atoms with van der Waals surface area (Å²) in [5.74, 6) is -58.6. The fraction of sp³-hybridized carbons (Fsp3) is 0.750. The lowest BCUT2D eigenvalue weighted by Crippen LogP contribution is -2.66. The molecule has 1 aliphatic rings. The summed E-state index contributed by atoms with van der Waals surface area (Å²) < 4.78 is 223. The summed E-state index contributed by atoms with van der Waals surface area (Å²) in [5, 5.41) is 8.15. The topological polar surface area (TPSA) is 49.8 Å². The molecule has 20 heteroatoms. The largest absolute Gasteiger partial charge is 0.479 e. The number of alkyl halides is 16. The van der Waals surface area contributed by atoms with Crippen LogP contribution in [-0.4, -0.2) is 64.7 Å². The van der Waals surface area contributed by atoms with Crippen LogP contribution in [0.25, 0.3) is 0 Å². The highest BCUT2D eigenvalue weighted by Crippen LogP contribution is 2.63. The van der Waals surface area contributed by atoms with Crippen molar-refractivity contribution in [1.29, 1.82) is 0 Å². The molecule has 1 saturated heterocycles. The molecule has 1 heterocycles. The second kappa shape index (κ2) is 6.99. The summed E-state index contributed by atoms with van der Waals surface area (Å²) in [4.78, 5) is 10.2. The average molecular weight is 518 g/mol. The van der Waals surface area contributed by atoms with E-state index in [1.807, 2.05) is 0 Å². The van der Waals surface area contributed by atoms with Crippen molar-refractivity contribution in [3.63, 3.8) is 0 Å². The van der Waals surface area contributed by atoms with E-state index in [-0.39, 0.29) is 0 Å². The summed E-state index contributed by atoms with van der Waals surface area (Å²) in [5.41, 5.74) is 0. The van der Waals surface area contributed by atoms with Crippen LogP contribution in [0.15, 0.2) is 11.9 Å². The van der Waals surface area contributed by atoms with Gasteiger partial charge < -0.3 is 9.84 Å². The highest BCUT2D eigenvalue weighted by Gasteiger charge is 2.92. The maximum atomic E-state index is 13.5. The normalized spacial score (nSPS) is 24.5. The number of epoxide rings is 1. The monoisotopic (exact) mass is 518 g/mol. The van der Waals surface area contributed by atoms with Crippen LogP contribution in [0.3, 0.4) is 0 Å². The van der Waals surface area contributed by atoms with Crippen molar-refractivity contribution in [2.24, 2.45) is 0 Å². The van der Waals surface area contributed by atoms with Crippen LogP contribution in [0.5, 0.6) is 0 Å². The number of aliphatic carboxylic acids is 1. The van der Waals surface area contributed by atoms with Gasteiger partial charge in [-0.15, -0.1) is 0 Å². The third kappa shape index (κ3) is 3.53. The van der Waals surface area contributed by atoms with Gasteiger partial charge in [-0.2, -0.15) is 65.9 Å². The predicted octanol–water partition coefficient (Wildman–Crippen LogP) is 5.36. The minimum Gasteiger partial charge on any atom is -0.479 e. The van der Waals surface area contributed by atoms with Gasteiger partial charge in [-0.05, 0) is 0 Å². The van der Waals surface area contributed by atoms with Gasteiger partial charge in [-0.3, -0.25) is 0 Å². The number of halogens is 17. The first kappa shape index (κ1) is 28.0. The van der Waals surface area contributed by atoms with Crippen LogP contribution in [0, 0.1) is 0 Å². The molecule has 2 atom stereocenters. The molecule has 0 aromatic carbocycles. The third-order valence-corrected chi connectivity index (χ3v) is 3.79. The van der Waals surface area contributed by atoms with Crippen LogP contribution >= 0.6 is 0 Å². The molecule has 3 nitrogen and oxygen atoms in total. The van der Waals surface area contributed by atoms with Crippen LogP contribution in [-0.2, 0) is 9.53 Å². The Morgan fingerprint density at radius 1 is 0.781 bits per heavy atom. The molecule has 0 aromatic heterocycles. The van der Waals surface area contributed by atoms with Gasteiger partial charge in [0.25, 0.3) is 0 Å². The first-order valence-electron chi connectivity index (χ1n) is 6.98. The van der Waals surface area contributed by atoms with Crippen molar-refractivity contribution < 1.29 is 89.3 Å². The van der Waals surface area contributed by atoms with Gasteiger partial charge in [0, 0.05) is 6.08 Å². The molecule has 32 heavy (non-hydrogen) atoms. The van der Waals surface area contributed by atoms with Crippen molar-refractivity contribution in [2.45, 2.75) is 53.7 Å². The minimum atomic E-state index is -7.90. The zero-order valence-corrected chi connectivity index (χ0v) is 13.8. The zero-order valence-electron chi connectivity index (χ0n) is 13.8. The second-order valence-corrected chi connectivity index (χ2v) is 5.97. The number of hydrogen-bond donors (Lipinski definition) is 1. The Balaban J connectivity index is 3.50. The number of allylic oxidation sites excluding steroid dienone is 2. The van der Waals surface area contributed by atoms with Crippen molar-refractivity contribution in [3.05, 3.63) is 11.9 Å². The molecule has 0 aliphatic carbocycles. The summed E-state index contributed by atoms with van der Waals surface area (Å²) in [6, 6.07) is 0. The Labute approximate surface area is 162 Å². The van der Waals surface area contributed by atoms with Crippen molar-refractivity contribution >= 4 is 5.97 Å². The summed E-state index contributed by atoms with van der Waals surface area (Å²) >= 11 is 0. The van der Waals surface area contributed by atoms with E-state index in [9.17, 15) is 79.4 Å². The van der Waals surface area contributed by atoms with Crippen LogP contribution < -0.4 is 0 Å². The molecule has 0 spiro atoms. The zero-order chi connectivity index (χ0) is 26.1. The highest BCUT2D eigenvalue weighted by atomic mass is 19.4. The Morgan fingerprint density at radius 2 is 1.19 bits per heavy atom. The highest BCUT2D eigenvalue weighted by molar-refractivity contribution is 5.77. The molecule has 188 valence electrons. The lowest BCUT2D eigenvalue weighted by Gasteiger charge is -2.36. The van der Waals surface area contributed by atoms with Crippen molar-refractivity contribution in [1.82, 2.24) is 0 Å². The van der Waals surface area contributed by atoms with Crippen LogP contribution in [0.1, 0.15) is 0 Å². The summed E-state index contributed by atoms with van der Waals surface area (Å²) in [6.45, 7) is 0. The van der Waals surface area contributed by atoms with Crippen molar-refractivity contribution in [3.8, 4) is 0 Å². The summed E-state index contributed by atoms with van der Waals surface area (Å²) in [7, 11) is 0.